The summed E-state index contributed by atoms with van der Waals surface area (Å²) < 4.78 is 0. The molecule has 39 heavy (non-hydrogen) atoms. The van der Waals surface area contributed by atoms with E-state index in [1.807, 2.05) is 24.3 Å². The van der Waals surface area contributed by atoms with Crippen molar-refractivity contribution < 1.29 is 14.4 Å². The number of hydrogen-bond acceptors (Lipinski definition) is 5. The number of nitrogens with zero attached hydrogens (tertiary/aromatic N) is 1. The van der Waals surface area contributed by atoms with Crippen molar-refractivity contribution in [3.63, 3.8) is 0 Å². The third kappa shape index (κ3) is 5.24. The van der Waals surface area contributed by atoms with E-state index in [2.05, 4.69) is 15.3 Å². The number of nitrogen functional groups attached to an aromatic ring is 1. The van der Waals surface area contributed by atoms with Gasteiger partial charge in [0.1, 0.15) is 5.82 Å². The first-order valence-corrected chi connectivity index (χ1v) is 12.4. The second kappa shape index (κ2) is 10.6. The molecule has 7 nitrogen and oxygen atoms in total. The number of amides is 1. The number of carbonyl (C=O) groups is 3. The number of benzene rings is 4. The van der Waals surface area contributed by atoms with Crippen LogP contribution in [0.4, 0.5) is 11.4 Å². The number of hydrogen-bond donors (Lipinski definition) is 3. The van der Waals surface area contributed by atoms with E-state index >= 15 is 0 Å². The number of aromatic nitrogens is 2. The maximum Gasteiger partial charge on any atom is 0.251 e. The van der Waals surface area contributed by atoms with Crippen molar-refractivity contribution in [2.75, 3.05) is 11.1 Å². The Bertz CT molecular complexity index is 1750. The fourth-order valence-electron chi connectivity index (χ4n) is 4.22. The highest BCUT2D eigenvalue weighted by atomic mass is 16.2. The molecule has 0 aliphatic carbocycles. The van der Waals surface area contributed by atoms with Gasteiger partial charge < -0.3 is 16.0 Å². The van der Waals surface area contributed by atoms with Crippen molar-refractivity contribution in [1.82, 2.24) is 9.97 Å². The van der Waals surface area contributed by atoms with Crippen LogP contribution in [-0.4, -0.2) is 27.4 Å². The largest absolute Gasteiger partial charge is 0.397 e. The molecule has 1 aromatic heterocycles. The summed E-state index contributed by atoms with van der Waals surface area (Å²) in [5.41, 5.74) is 11.5. The molecule has 1 heterocycles. The number of nitrogens with one attached hydrogen (secondary N) is 2. The van der Waals surface area contributed by atoms with Crippen LogP contribution in [-0.2, 0) is 4.79 Å². The smallest absolute Gasteiger partial charge is 0.251 e. The highest BCUT2D eigenvalue weighted by molar-refractivity contribution is 6.12. The van der Waals surface area contributed by atoms with Crippen LogP contribution in [0, 0.1) is 0 Å². The van der Waals surface area contributed by atoms with E-state index in [0.717, 1.165) is 0 Å². The first-order chi connectivity index (χ1) is 18.8. The summed E-state index contributed by atoms with van der Waals surface area (Å²) >= 11 is 0. The number of carbonyl (C=O) groups excluding carboxylic acids is 3. The van der Waals surface area contributed by atoms with Gasteiger partial charge in [0, 0.05) is 33.4 Å². The molecule has 0 saturated carbocycles. The Labute approximate surface area is 225 Å². The van der Waals surface area contributed by atoms with Gasteiger partial charge in [-0.2, -0.15) is 0 Å². The van der Waals surface area contributed by atoms with Crippen molar-refractivity contribution in [2.45, 2.75) is 13.8 Å². The van der Waals surface area contributed by atoms with Crippen molar-refractivity contribution in [3.05, 3.63) is 131 Å². The Hall–Kier alpha value is -5.30. The summed E-state index contributed by atoms with van der Waals surface area (Å²) in [7, 11) is 0. The topological polar surface area (TPSA) is 118 Å². The van der Waals surface area contributed by atoms with Crippen molar-refractivity contribution in [2.24, 2.45) is 0 Å². The number of allylic oxidation sites excluding steroid dienone is 1. The maximum absolute atomic E-state index is 13.1. The van der Waals surface area contributed by atoms with Crippen LogP contribution in [0.1, 0.15) is 51.5 Å². The van der Waals surface area contributed by atoms with Gasteiger partial charge in [0.05, 0.1) is 22.4 Å². The van der Waals surface area contributed by atoms with E-state index in [-0.39, 0.29) is 23.2 Å². The van der Waals surface area contributed by atoms with Crippen molar-refractivity contribution in [3.8, 4) is 0 Å². The number of imidazole rings is 1. The number of aromatic amines is 1. The fraction of sp³-hybridized carbons (Fsp3) is 0.0625. The van der Waals surface area contributed by atoms with Gasteiger partial charge in [-0.05, 0) is 50.2 Å². The molecular weight excluding hydrogens is 488 g/mol. The summed E-state index contributed by atoms with van der Waals surface area (Å²) in [4.78, 5) is 46.4. The van der Waals surface area contributed by atoms with Gasteiger partial charge >= 0.3 is 0 Å². The molecule has 0 fully saturated rings. The molecule has 5 aromatic rings. The van der Waals surface area contributed by atoms with Gasteiger partial charge in [0.2, 0.25) is 0 Å². The molecule has 0 saturated heterocycles. The van der Waals surface area contributed by atoms with Crippen LogP contribution in [0.5, 0.6) is 0 Å². The van der Waals surface area contributed by atoms with Gasteiger partial charge in [-0.3, -0.25) is 14.4 Å². The third-order valence-electron chi connectivity index (χ3n) is 6.64. The second-order valence-electron chi connectivity index (χ2n) is 9.21. The van der Waals surface area contributed by atoms with Gasteiger partial charge in [-0.15, -0.1) is 0 Å². The van der Waals surface area contributed by atoms with Crippen LogP contribution in [0.25, 0.3) is 16.6 Å². The first kappa shape index (κ1) is 25.4. The van der Waals surface area contributed by atoms with E-state index in [1.54, 1.807) is 86.6 Å². The highest BCUT2D eigenvalue weighted by Gasteiger charge is 2.17. The van der Waals surface area contributed by atoms with E-state index in [1.165, 1.54) is 0 Å². The molecule has 0 aliphatic heterocycles. The molecule has 5 rings (SSSR count). The zero-order valence-corrected chi connectivity index (χ0v) is 21.5. The van der Waals surface area contributed by atoms with E-state index < -0.39 is 0 Å². The first-order valence-electron chi connectivity index (χ1n) is 12.4. The van der Waals surface area contributed by atoms with Crippen LogP contribution >= 0.6 is 0 Å². The molecular formula is C32H26N4O3. The number of fused-ring (bicyclic) bond motifs is 1. The quantitative estimate of drug-likeness (QED) is 0.139. The monoisotopic (exact) mass is 514 g/mol. The Balaban J connectivity index is 1.35. The third-order valence-corrected chi connectivity index (χ3v) is 6.64. The zero-order valence-electron chi connectivity index (χ0n) is 21.5. The Morgan fingerprint density at radius 3 is 1.87 bits per heavy atom. The normalized spacial score (nSPS) is 11.6. The van der Waals surface area contributed by atoms with E-state index in [9.17, 15) is 14.4 Å². The molecule has 4 aromatic carbocycles. The lowest BCUT2D eigenvalue weighted by Crippen LogP contribution is -2.15. The SMILES string of the molecule is C/C(C(=O)Nc1ccc(C(=O)c2ccccc2)cc1N)=C(\C)c1nc2ccc(C(=O)c3ccccc3)cc2[nH]1. The Kier molecular flexibility index (Phi) is 6.89. The molecule has 0 spiro atoms. The molecule has 0 radical (unpaired) electrons. The molecule has 0 atom stereocenters. The number of nitrogens with two attached hydrogens (primary N) is 1. The predicted octanol–water partition coefficient (Wildman–Crippen LogP) is 6.04. The molecule has 0 aliphatic rings. The van der Waals surface area contributed by atoms with Gasteiger partial charge in [0.25, 0.3) is 5.91 Å². The predicted molar refractivity (Wildman–Crippen MR) is 154 cm³/mol. The fourth-order valence-corrected chi connectivity index (χ4v) is 4.22. The maximum atomic E-state index is 13.1. The minimum atomic E-state index is -0.346. The number of H-pyrrole nitrogens is 1. The Morgan fingerprint density at radius 1 is 0.718 bits per heavy atom. The highest BCUT2D eigenvalue weighted by Crippen LogP contribution is 2.25. The molecule has 1 amide bonds. The summed E-state index contributed by atoms with van der Waals surface area (Å²) in [5.74, 6) is -0.0448. The van der Waals surface area contributed by atoms with Crippen LogP contribution in [0.3, 0.4) is 0 Å². The minimum absolute atomic E-state index is 0.0782. The van der Waals surface area contributed by atoms with E-state index in [0.29, 0.717) is 55.9 Å². The summed E-state index contributed by atoms with van der Waals surface area (Å²) in [5, 5.41) is 2.82. The summed E-state index contributed by atoms with van der Waals surface area (Å²) in [6.07, 6.45) is 0. The van der Waals surface area contributed by atoms with E-state index in [4.69, 9.17) is 5.73 Å². The molecule has 7 heteroatoms. The average Bonchev–Trinajstić information content (AvgIpc) is 3.41. The minimum Gasteiger partial charge on any atom is -0.397 e. The molecule has 0 unspecified atom stereocenters. The number of ketones is 2. The van der Waals surface area contributed by atoms with Gasteiger partial charge in [-0.1, -0.05) is 60.7 Å². The van der Waals surface area contributed by atoms with Crippen molar-refractivity contribution in [1.29, 1.82) is 0 Å². The second-order valence-corrected chi connectivity index (χ2v) is 9.21. The van der Waals surface area contributed by atoms with Crippen LogP contribution in [0.15, 0.2) is 103 Å². The standard InChI is InChI=1S/C32H26N4O3/c1-19(31-34-27-16-14-24(18-28(27)35-31)30(38)22-11-7-4-8-12-22)20(2)32(39)36-26-15-13-23(17-25(26)33)29(37)21-9-5-3-6-10-21/h3-18H,33H2,1-2H3,(H,34,35)(H,36,39)/b20-19-. The Morgan fingerprint density at radius 2 is 1.28 bits per heavy atom. The lowest BCUT2D eigenvalue weighted by Gasteiger charge is -2.11. The molecule has 192 valence electrons. The molecule has 4 N–H and O–H groups in total. The van der Waals surface area contributed by atoms with Crippen molar-refractivity contribution >= 4 is 45.5 Å². The lowest BCUT2D eigenvalue weighted by atomic mass is 10.0. The van der Waals surface area contributed by atoms with Crippen LogP contribution in [0.2, 0.25) is 0 Å². The summed E-state index contributed by atoms with van der Waals surface area (Å²) in [6, 6.07) is 28.1. The molecule has 0 bridgehead atoms. The average molecular weight is 515 g/mol. The zero-order chi connectivity index (χ0) is 27.5. The number of rotatable bonds is 7. The van der Waals surface area contributed by atoms with Gasteiger partial charge in [-0.25, -0.2) is 4.98 Å². The summed E-state index contributed by atoms with van der Waals surface area (Å²) in [6.45, 7) is 3.50. The lowest BCUT2D eigenvalue weighted by molar-refractivity contribution is -0.112. The van der Waals surface area contributed by atoms with Crippen LogP contribution < -0.4 is 11.1 Å². The number of anilines is 2. The van der Waals surface area contributed by atoms with Gasteiger partial charge in [0.15, 0.2) is 11.6 Å².